The summed E-state index contributed by atoms with van der Waals surface area (Å²) in [6.45, 7) is 8.63. The molecule has 0 radical (unpaired) electrons. The molecule has 27 heavy (non-hydrogen) atoms. The summed E-state index contributed by atoms with van der Waals surface area (Å²) in [6, 6.07) is 0. The number of ether oxygens (including phenoxy) is 3. The van der Waals surface area contributed by atoms with Crippen molar-refractivity contribution in [2.24, 2.45) is 10.8 Å². The lowest BCUT2D eigenvalue weighted by Crippen LogP contribution is -2.69. The van der Waals surface area contributed by atoms with Gasteiger partial charge >= 0.3 is 23.9 Å². The SMILES string of the molecule is CCC(C)(C)C(C)(C=C(C)C)C(=O)OC1OCOC(O)(C(F)(F)F)C1(F)F. The first-order chi connectivity index (χ1) is 12.0. The van der Waals surface area contributed by atoms with Gasteiger partial charge in [0.2, 0.25) is 0 Å². The fraction of sp³-hybridized carbons (Fsp3) is 0.824. The molecule has 5 nitrogen and oxygen atoms in total. The first-order valence-electron chi connectivity index (χ1n) is 8.26. The highest BCUT2D eigenvalue weighted by Gasteiger charge is 2.77. The van der Waals surface area contributed by atoms with Crippen molar-refractivity contribution in [3.8, 4) is 0 Å². The van der Waals surface area contributed by atoms with Crippen molar-refractivity contribution in [2.45, 2.75) is 72.1 Å². The van der Waals surface area contributed by atoms with Crippen LogP contribution in [0.25, 0.3) is 0 Å². The second-order valence-electron chi connectivity index (χ2n) is 7.59. The van der Waals surface area contributed by atoms with E-state index in [1.54, 1.807) is 34.6 Å². The Labute approximate surface area is 154 Å². The number of halogens is 5. The third-order valence-corrected chi connectivity index (χ3v) is 5.12. The van der Waals surface area contributed by atoms with Gasteiger partial charge in [-0.25, -0.2) is 0 Å². The molecular weight excluding hydrogens is 379 g/mol. The Balaban J connectivity index is 3.28. The number of allylic oxidation sites excluding steroid dienone is 1. The maximum Gasteiger partial charge on any atom is 0.450 e. The van der Waals surface area contributed by atoms with Gasteiger partial charge in [-0.2, -0.15) is 22.0 Å². The molecule has 0 saturated carbocycles. The quantitative estimate of drug-likeness (QED) is 0.424. The van der Waals surface area contributed by atoms with Gasteiger partial charge in [0.1, 0.15) is 0 Å². The number of hydrogen-bond donors (Lipinski definition) is 1. The summed E-state index contributed by atoms with van der Waals surface area (Å²) in [6.07, 6.45) is -6.86. The van der Waals surface area contributed by atoms with Crippen LogP contribution in [0.3, 0.4) is 0 Å². The smallest absolute Gasteiger partial charge is 0.428 e. The Kier molecular flexibility index (Phi) is 6.42. The van der Waals surface area contributed by atoms with Gasteiger partial charge in [0.05, 0.1) is 5.41 Å². The van der Waals surface area contributed by atoms with Crippen LogP contribution in [-0.2, 0) is 19.0 Å². The number of carbonyl (C=O) groups excluding carboxylic acids is 1. The molecule has 158 valence electrons. The molecule has 1 rings (SSSR count). The standard InChI is InChI=1S/C17H25F5O5/c1-7-13(4,5)14(6,8-10(2)3)11(23)27-12-15(18,19)16(24,17(20,21)22)26-9-25-12/h8,12,24H,7,9H2,1-6H3. The van der Waals surface area contributed by atoms with E-state index < -0.39 is 47.8 Å². The molecule has 1 fully saturated rings. The van der Waals surface area contributed by atoms with Crippen LogP contribution >= 0.6 is 0 Å². The van der Waals surface area contributed by atoms with Crippen LogP contribution < -0.4 is 0 Å². The van der Waals surface area contributed by atoms with Gasteiger partial charge in [-0.05, 0) is 32.6 Å². The van der Waals surface area contributed by atoms with Crippen molar-refractivity contribution < 1.29 is 46.1 Å². The number of alkyl halides is 5. The number of hydrogen-bond acceptors (Lipinski definition) is 5. The van der Waals surface area contributed by atoms with Crippen molar-refractivity contribution in [1.29, 1.82) is 0 Å². The topological polar surface area (TPSA) is 65.0 Å². The van der Waals surface area contributed by atoms with Crippen LogP contribution in [0.1, 0.15) is 48.0 Å². The maximum absolute atomic E-state index is 14.3. The van der Waals surface area contributed by atoms with Gasteiger partial charge in [-0.15, -0.1) is 0 Å². The van der Waals surface area contributed by atoms with Crippen LogP contribution in [0, 0.1) is 10.8 Å². The van der Waals surface area contributed by atoms with E-state index in [9.17, 15) is 31.9 Å². The summed E-state index contributed by atoms with van der Waals surface area (Å²) in [5.74, 6) is -11.1. The van der Waals surface area contributed by atoms with E-state index in [0.29, 0.717) is 12.0 Å². The molecule has 1 N–H and O–H groups in total. The first kappa shape index (κ1) is 23.8. The largest absolute Gasteiger partial charge is 0.450 e. The molecule has 3 unspecified atom stereocenters. The predicted molar refractivity (Wildman–Crippen MR) is 84.5 cm³/mol. The average Bonchev–Trinajstić information content (AvgIpc) is 2.49. The summed E-state index contributed by atoms with van der Waals surface area (Å²) >= 11 is 0. The maximum atomic E-state index is 14.3. The third kappa shape index (κ3) is 3.97. The lowest BCUT2D eigenvalue weighted by atomic mass is 9.64. The van der Waals surface area contributed by atoms with E-state index in [4.69, 9.17) is 0 Å². The molecule has 0 aromatic heterocycles. The fourth-order valence-electron chi connectivity index (χ4n) is 2.62. The lowest BCUT2D eigenvalue weighted by molar-refractivity contribution is -0.502. The Morgan fingerprint density at radius 2 is 1.78 bits per heavy atom. The lowest BCUT2D eigenvalue weighted by Gasteiger charge is -2.45. The number of esters is 1. The number of carbonyl (C=O) groups is 1. The molecule has 0 aromatic carbocycles. The van der Waals surface area contributed by atoms with Gasteiger partial charge in [0, 0.05) is 0 Å². The van der Waals surface area contributed by atoms with Crippen molar-refractivity contribution in [2.75, 3.05) is 6.79 Å². The van der Waals surface area contributed by atoms with E-state index in [-0.39, 0.29) is 0 Å². The molecule has 1 heterocycles. The van der Waals surface area contributed by atoms with Crippen molar-refractivity contribution >= 4 is 5.97 Å². The molecule has 0 aliphatic carbocycles. The predicted octanol–water partition coefficient (Wildman–Crippen LogP) is 4.15. The van der Waals surface area contributed by atoms with Crippen LogP contribution in [0.2, 0.25) is 0 Å². The summed E-state index contributed by atoms with van der Waals surface area (Å²) in [5, 5.41) is 9.39. The normalized spacial score (nSPS) is 28.2. The van der Waals surface area contributed by atoms with Crippen molar-refractivity contribution in [3.63, 3.8) is 0 Å². The molecule has 1 aliphatic heterocycles. The van der Waals surface area contributed by atoms with Gasteiger partial charge < -0.3 is 19.3 Å². The van der Waals surface area contributed by atoms with Gasteiger partial charge in [-0.1, -0.05) is 32.4 Å². The minimum absolute atomic E-state index is 0.444. The molecule has 1 saturated heterocycles. The Morgan fingerprint density at radius 1 is 1.26 bits per heavy atom. The molecule has 0 bridgehead atoms. The summed E-state index contributed by atoms with van der Waals surface area (Å²) in [7, 11) is 0. The van der Waals surface area contributed by atoms with E-state index in [1.807, 2.05) is 0 Å². The molecule has 10 heteroatoms. The Bertz CT molecular complexity index is 597. The zero-order valence-electron chi connectivity index (χ0n) is 16.0. The summed E-state index contributed by atoms with van der Waals surface area (Å²) < 4.78 is 80.2. The summed E-state index contributed by atoms with van der Waals surface area (Å²) in [4.78, 5) is 12.7. The molecule has 1 aliphatic rings. The molecule has 3 atom stereocenters. The first-order valence-corrected chi connectivity index (χ1v) is 8.26. The van der Waals surface area contributed by atoms with E-state index >= 15 is 0 Å². The number of rotatable bonds is 5. The number of aliphatic hydroxyl groups is 1. The Morgan fingerprint density at radius 3 is 2.19 bits per heavy atom. The van der Waals surface area contributed by atoms with Crippen LogP contribution in [0.15, 0.2) is 11.6 Å². The fourth-order valence-corrected chi connectivity index (χ4v) is 2.62. The summed E-state index contributed by atoms with van der Waals surface area (Å²) in [5.41, 5.74) is -1.53. The zero-order valence-corrected chi connectivity index (χ0v) is 16.0. The monoisotopic (exact) mass is 404 g/mol. The second-order valence-corrected chi connectivity index (χ2v) is 7.59. The van der Waals surface area contributed by atoms with Gasteiger partial charge in [-0.3, -0.25) is 4.79 Å². The van der Waals surface area contributed by atoms with Gasteiger partial charge in [0.25, 0.3) is 6.29 Å². The highest BCUT2D eigenvalue weighted by atomic mass is 19.4. The van der Waals surface area contributed by atoms with E-state index in [0.717, 1.165) is 0 Å². The molecular formula is C17H25F5O5. The molecule has 0 spiro atoms. The van der Waals surface area contributed by atoms with Crippen LogP contribution in [0.4, 0.5) is 22.0 Å². The van der Waals surface area contributed by atoms with Crippen LogP contribution in [0.5, 0.6) is 0 Å². The highest BCUT2D eigenvalue weighted by Crippen LogP contribution is 2.50. The molecule has 0 amide bonds. The van der Waals surface area contributed by atoms with E-state index in [1.165, 1.54) is 13.0 Å². The van der Waals surface area contributed by atoms with Gasteiger partial charge in [0.15, 0.2) is 6.79 Å². The molecule has 0 aromatic rings. The minimum Gasteiger partial charge on any atom is -0.428 e. The zero-order chi connectivity index (χ0) is 21.5. The highest BCUT2D eigenvalue weighted by molar-refractivity contribution is 5.80. The van der Waals surface area contributed by atoms with Crippen molar-refractivity contribution in [3.05, 3.63) is 11.6 Å². The van der Waals surface area contributed by atoms with E-state index in [2.05, 4.69) is 14.2 Å². The minimum atomic E-state index is -5.84. The Hall–Kier alpha value is -1.26. The second kappa shape index (κ2) is 7.29. The van der Waals surface area contributed by atoms with Crippen LogP contribution in [-0.4, -0.2) is 42.0 Å². The average molecular weight is 404 g/mol. The third-order valence-electron chi connectivity index (χ3n) is 5.12. The van der Waals surface area contributed by atoms with Crippen molar-refractivity contribution in [1.82, 2.24) is 0 Å².